The normalized spacial score (nSPS) is 11.4. The summed E-state index contributed by atoms with van der Waals surface area (Å²) in [4.78, 5) is 20.7. The van der Waals surface area contributed by atoms with Crippen LogP contribution in [0.3, 0.4) is 0 Å². The molecule has 36 heavy (non-hydrogen) atoms. The lowest BCUT2D eigenvalue weighted by Gasteiger charge is -2.19. The van der Waals surface area contributed by atoms with Crippen molar-refractivity contribution in [2.45, 2.75) is 32.7 Å². The Kier molecular flexibility index (Phi) is 6.30. The van der Waals surface area contributed by atoms with Gasteiger partial charge in [0.2, 0.25) is 0 Å². The number of aromatic nitrogens is 2. The number of pyridine rings is 1. The highest BCUT2D eigenvalue weighted by Gasteiger charge is 2.20. The van der Waals surface area contributed by atoms with Gasteiger partial charge in [-0.05, 0) is 52.4 Å². The Morgan fingerprint density at radius 3 is 2.28 bits per heavy atom. The highest BCUT2D eigenvalue weighted by molar-refractivity contribution is 6.14. The third kappa shape index (κ3) is 5.01. The Hall–Kier alpha value is -4.38. The molecular formula is C31H30N4O. The second kappa shape index (κ2) is 9.70. The third-order valence-corrected chi connectivity index (χ3v) is 6.34. The first-order valence-corrected chi connectivity index (χ1v) is 12.1. The second-order valence-electron chi connectivity index (χ2n) is 9.99. The van der Waals surface area contributed by atoms with Crippen molar-refractivity contribution >= 4 is 28.2 Å². The van der Waals surface area contributed by atoms with E-state index in [1.165, 1.54) is 11.1 Å². The van der Waals surface area contributed by atoms with Gasteiger partial charge < -0.3 is 15.6 Å². The number of fused-ring (bicyclic) bond motifs is 1. The van der Waals surface area contributed by atoms with Crippen LogP contribution in [0.1, 0.15) is 42.4 Å². The van der Waals surface area contributed by atoms with Gasteiger partial charge >= 0.3 is 0 Å². The number of aromatic amines is 1. The fourth-order valence-electron chi connectivity index (χ4n) is 4.33. The maximum atomic E-state index is 13.3. The summed E-state index contributed by atoms with van der Waals surface area (Å²) >= 11 is 0. The van der Waals surface area contributed by atoms with Crippen molar-refractivity contribution in [2.75, 3.05) is 10.6 Å². The predicted molar refractivity (Wildman–Crippen MR) is 148 cm³/mol. The fourth-order valence-corrected chi connectivity index (χ4v) is 4.33. The average molecular weight is 475 g/mol. The summed E-state index contributed by atoms with van der Waals surface area (Å²) in [6, 6.07) is 28.5. The van der Waals surface area contributed by atoms with Crippen molar-refractivity contribution in [1.29, 1.82) is 0 Å². The summed E-state index contributed by atoms with van der Waals surface area (Å²) in [5.41, 5.74) is 7.70. The highest BCUT2D eigenvalue weighted by atomic mass is 16.1. The predicted octanol–water partition coefficient (Wildman–Crippen LogP) is 7.39. The molecule has 0 bridgehead atoms. The molecular weight excluding hydrogens is 444 g/mol. The molecule has 3 N–H and O–H groups in total. The lowest BCUT2D eigenvalue weighted by molar-refractivity contribution is 0.102. The van der Waals surface area contributed by atoms with E-state index >= 15 is 0 Å². The largest absolute Gasteiger partial charge is 0.381 e. The maximum Gasteiger partial charge on any atom is 0.272 e. The van der Waals surface area contributed by atoms with Crippen LogP contribution >= 0.6 is 0 Å². The van der Waals surface area contributed by atoms with Crippen molar-refractivity contribution in [3.05, 3.63) is 114 Å². The van der Waals surface area contributed by atoms with Crippen LogP contribution in [0.2, 0.25) is 0 Å². The maximum absolute atomic E-state index is 13.3. The van der Waals surface area contributed by atoms with Gasteiger partial charge in [0, 0.05) is 46.8 Å². The van der Waals surface area contributed by atoms with Gasteiger partial charge in [0.05, 0.1) is 0 Å². The molecule has 5 heteroatoms. The van der Waals surface area contributed by atoms with Crippen LogP contribution in [0.15, 0.2) is 97.3 Å². The van der Waals surface area contributed by atoms with E-state index in [-0.39, 0.29) is 11.3 Å². The monoisotopic (exact) mass is 474 g/mol. The van der Waals surface area contributed by atoms with Crippen molar-refractivity contribution in [3.63, 3.8) is 0 Å². The number of nitrogens with one attached hydrogen (secondary N) is 3. The average Bonchev–Trinajstić information content (AvgIpc) is 3.27. The molecule has 0 aliphatic rings. The number of hydrogen-bond acceptors (Lipinski definition) is 3. The number of hydrogen-bond donors (Lipinski definition) is 3. The molecule has 0 aliphatic heterocycles. The van der Waals surface area contributed by atoms with E-state index in [0.717, 1.165) is 34.3 Å². The van der Waals surface area contributed by atoms with Gasteiger partial charge in [0.25, 0.3) is 5.91 Å². The molecule has 5 nitrogen and oxygen atoms in total. The lowest BCUT2D eigenvalue weighted by atomic mass is 9.87. The van der Waals surface area contributed by atoms with Gasteiger partial charge in [-0.3, -0.25) is 9.78 Å². The molecule has 0 radical (unpaired) electrons. The number of benzene rings is 3. The summed E-state index contributed by atoms with van der Waals surface area (Å²) in [6.45, 7) is 7.39. The third-order valence-electron chi connectivity index (χ3n) is 6.34. The Labute approximate surface area is 211 Å². The zero-order valence-corrected chi connectivity index (χ0v) is 20.8. The Morgan fingerprint density at radius 2 is 1.58 bits per heavy atom. The van der Waals surface area contributed by atoms with Gasteiger partial charge in [-0.1, -0.05) is 75.4 Å². The SMILES string of the molecule is CC(C)(C)c1ccc(CNc2ccc3[nH]c(C(=O)Nc4ccncc4)c(-c4ccccc4)c3c2)cc1. The summed E-state index contributed by atoms with van der Waals surface area (Å²) in [7, 11) is 0. The summed E-state index contributed by atoms with van der Waals surface area (Å²) in [5, 5.41) is 7.52. The van der Waals surface area contributed by atoms with E-state index in [9.17, 15) is 4.79 Å². The van der Waals surface area contributed by atoms with Crippen LogP contribution in [0.5, 0.6) is 0 Å². The molecule has 0 fully saturated rings. The number of carbonyl (C=O) groups excluding carboxylic acids is 1. The molecule has 2 aromatic heterocycles. The number of amides is 1. The summed E-state index contributed by atoms with van der Waals surface area (Å²) in [6.07, 6.45) is 3.32. The minimum atomic E-state index is -0.190. The van der Waals surface area contributed by atoms with Crippen molar-refractivity contribution in [1.82, 2.24) is 9.97 Å². The number of H-pyrrole nitrogens is 1. The quantitative estimate of drug-likeness (QED) is 0.240. The smallest absolute Gasteiger partial charge is 0.272 e. The topological polar surface area (TPSA) is 69.8 Å². The minimum Gasteiger partial charge on any atom is -0.381 e. The standard InChI is InChI=1S/C31H30N4O/c1-31(2,3)23-11-9-21(10-12-23)20-33-25-13-14-27-26(19-25)28(22-7-5-4-6-8-22)29(35-27)30(36)34-24-15-17-32-18-16-24/h4-19,33,35H,20H2,1-3H3,(H,32,34,36). The Morgan fingerprint density at radius 1 is 0.861 bits per heavy atom. The van der Waals surface area contributed by atoms with Gasteiger partial charge in [0.15, 0.2) is 0 Å². The molecule has 0 unspecified atom stereocenters. The zero-order valence-electron chi connectivity index (χ0n) is 20.8. The molecule has 3 aromatic carbocycles. The molecule has 5 rings (SSSR count). The number of carbonyl (C=O) groups is 1. The lowest BCUT2D eigenvalue weighted by Crippen LogP contribution is -2.13. The summed E-state index contributed by atoms with van der Waals surface area (Å²) < 4.78 is 0. The van der Waals surface area contributed by atoms with Crippen molar-refractivity contribution in [2.24, 2.45) is 0 Å². The molecule has 180 valence electrons. The first kappa shape index (κ1) is 23.4. The molecule has 0 saturated heterocycles. The van der Waals surface area contributed by atoms with Crippen LogP contribution in [0, 0.1) is 0 Å². The van der Waals surface area contributed by atoms with Crippen LogP contribution < -0.4 is 10.6 Å². The van der Waals surface area contributed by atoms with E-state index in [1.807, 2.05) is 42.5 Å². The summed E-state index contributed by atoms with van der Waals surface area (Å²) in [5.74, 6) is -0.190. The highest BCUT2D eigenvalue weighted by Crippen LogP contribution is 2.34. The van der Waals surface area contributed by atoms with Gasteiger partial charge in [-0.15, -0.1) is 0 Å². The van der Waals surface area contributed by atoms with E-state index < -0.39 is 0 Å². The van der Waals surface area contributed by atoms with Crippen LogP contribution in [-0.2, 0) is 12.0 Å². The van der Waals surface area contributed by atoms with Crippen LogP contribution in [0.25, 0.3) is 22.0 Å². The van der Waals surface area contributed by atoms with Gasteiger partial charge in [0.1, 0.15) is 5.69 Å². The van der Waals surface area contributed by atoms with Gasteiger partial charge in [-0.25, -0.2) is 0 Å². The minimum absolute atomic E-state index is 0.139. The number of rotatable bonds is 6. The first-order valence-electron chi connectivity index (χ1n) is 12.1. The van der Waals surface area contributed by atoms with E-state index in [4.69, 9.17) is 0 Å². The molecule has 0 saturated carbocycles. The molecule has 2 heterocycles. The van der Waals surface area contributed by atoms with Crippen molar-refractivity contribution in [3.8, 4) is 11.1 Å². The molecule has 0 atom stereocenters. The zero-order chi connectivity index (χ0) is 25.1. The second-order valence-corrected chi connectivity index (χ2v) is 9.99. The molecule has 0 spiro atoms. The van der Waals surface area contributed by atoms with Gasteiger partial charge in [-0.2, -0.15) is 0 Å². The van der Waals surface area contributed by atoms with Crippen molar-refractivity contribution < 1.29 is 4.79 Å². The first-order chi connectivity index (χ1) is 17.4. The number of nitrogens with zero attached hydrogens (tertiary/aromatic N) is 1. The van der Waals surface area contributed by atoms with Crippen LogP contribution in [-0.4, -0.2) is 15.9 Å². The molecule has 5 aromatic rings. The molecule has 0 aliphatic carbocycles. The van der Waals surface area contributed by atoms with E-state index in [0.29, 0.717) is 11.4 Å². The fraction of sp³-hybridized carbons (Fsp3) is 0.161. The van der Waals surface area contributed by atoms with E-state index in [2.05, 4.69) is 71.7 Å². The molecule has 1 amide bonds. The Bertz CT molecular complexity index is 1480. The van der Waals surface area contributed by atoms with Crippen LogP contribution in [0.4, 0.5) is 11.4 Å². The van der Waals surface area contributed by atoms with E-state index in [1.54, 1.807) is 24.5 Å². The number of anilines is 2. The Balaban J connectivity index is 1.46.